The summed E-state index contributed by atoms with van der Waals surface area (Å²) in [6.45, 7) is 4.39. The van der Waals surface area contributed by atoms with E-state index in [1.165, 1.54) is 24.9 Å². The molecule has 0 amide bonds. The fourth-order valence-electron chi connectivity index (χ4n) is 3.36. The molecule has 1 fully saturated rings. The van der Waals surface area contributed by atoms with Gasteiger partial charge in [-0.2, -0.15) is 0 Å². The number of carbonyl (C=O) groups is 1. The highest BCUT2D eigenvalue weighted by atomic mass is 16.4. The molecule has 1 unspecified atom stereocenters. The number of hydrogen-bond acceptors (Lipinski definition) is 2. The van der Waals surface area contributed by atoms with Gasteiger partial charge in [0, 0.05) is 24.2 Å². The summed E-state index contributed by atoms with van der Waals surface area (Å²) >= 11 is 0. The standard InChI is InChI=1S/C18H21NO2/c1-2-13-6-5-11-19(12-13)17-10-9-16(18(20)21)14-7-3-4-8-15(14)17/h3-4,7-10,13H,2,5-6,11-12H2,1H3,(H,20,21). The minimum atomic E-state index is -0.858. The number of rotatable bonds is 3. The van der Waals surface area contributed by atoms with Crippen LogP contribution in [0.5, 0.6) is 0 Å². The molecule has 3 nitrogen and oxygen atoms in total. The predicted octanol–water partition coefficient (Wildman–Crippen LogP) is 4.16. The van der Waals surface area contributed by atoms with Crippen molar-refractivity contribution in [3.05, 3.63) is 42.0 Å². The molecule has 0 radical (unpaired) electrons. The summed E-state index contributed by atoms with van der Waals surface area (Å²) < 4.78 is 0. The van der Waals surface area contributed by atoms with Gasteiger partial charge < -0.3 is 10.0 Å². The number of hydrogen-bond donors (Lipinski definition) is 1. The van der Waals surface area contributed by atoms with Gasteiger partial charge in [0.2, 0.25) is 0 Å². The molecule has 2 aromatic rings. The molecule has 1 aliphatic rings. The average molecular weight is 283 g/mol. The third-order valence-electron chi connectivity index (χ3n) is 4.57. The summed E-state index contributed by atoms with van der Waals surface area (Å²) in [5.41, 5.74) is 1.56. The smallest absolute Gasteiger partial charge is 0.336 e. The molecule has 1 heterocycles. The van der Waals surface area contributed by atoms with Crippen LogP contribution in [0.15, 0.2) is 36.4 Å². The Labute approximate surface area is 125 Å². The zero-order valence-corrected chi connectivity index (χ0v) is 12.4. The number of benzene rings is 2. The van der Waals surface area contributed by atoms with Gasteiger partial charge in [-0.1, -0.05) is 37.6 Å². The van der Waals surface area contributed by atoms with Crippen molar-refractivity contribution >= 4 is 22.4 Å². The summed E-state index contributed by atoms with van der Waals surface area (Å²) in [5, 5.41) is 11.2. The average Bonchev–Trinajstić information content (AvgIpc) is 2.53. The van der Waals surface area contributed by atoms with Crippen molar-refractivity contribution in [3.8, 4) is 0 Å². The van der Waals surface area contributed by atoms with E-state index in [9.17, 15) is 9.90 Å². The summed E-state index contributed by atoms with van der Waals surface area (Å²) in [6, 6.07) is 11.6. The number of aromatic carboxylic acids is 1. The third-order valence-corrected chi connectivity index (χ3v) is 4.57. The second kappa shape index (κ2) is 5.76. The lowest BCUT2D eigenvalue weighted by Gasteiger charge is -2.35. The normalized spacial score (nSPS) is 18.9. The van der Waals surface area contributed by atoms with Gasteiger partial charge >= 0.3 is 5.97 Å². The lowest BCUT2D eigenvalue weighted by atomic mass is 9.94. The molecule has 0 aromatic heterocycles. The Kier molecular flexibility index (Phi) is 3.82. The van der Waals surface area contributed by atoms with E-state index in [0.29, 0.717) is 5.56 Å². The van der Waals surface area contributed by atoms with Crippen LogP contribution >= 0.6 is 0 Å². The van der Waals surface area contributed by atoms with Crippen LogP contribution in [-0.2, 0) is 0 Å². The molecule has 1 atom stereocenters. The highest BCUT2D eigenvalue weighted by Crippen LogP contribution is 2.32. The van der Waals surface area contributed by atoms with Crippen molar-refractivity contribution < 1.29 is 9.90 Å². The van der Waals surface area contributed by atoms with Crippen molar-refractivity contribution in [1.82, 2.24) is 0 Å². The van der Waals surface area contributed by atoms with Gasteiger partial charge in [-0.3, -0.25) is 0 Å². The number of piperidine rings is 1. The quantitative estimate of drug-likeness (QED) is 0.919. The maximum atomic E-state index is 11.4. The van der Waals surface area contributed by atoms with E-state index in [1.807, 2.05) is 30.3 Å². The summed E-state index contributed by atoms with van der Waals surface area (Å²) in [4.78, 5) is 13.8. The molecule has 3 heteroatoms. The lowest BCUT2D eigenvalue weighted by Crippen LogP contribution is -2.35. The number of fused-ring (bicyclic) bond motifs is 1. The molecule has 0 spiro atoms. The van der Waals surface area contributed by atoms with Gasteiger partial charge in [0.15, 0.2) is 0 Å². The molecule has 1 saturated heterocycles. The first-order valence-electron chi connectivity index (χ1n) is 7.70. The van der Waals surface area contributed by atoms with E-state index in [2.05, 4.69) is 11.8 Å². The zero-order chi connectivity index (χ0) is 14.8. The highest BCUT2D eigenvalue weighted by molar-refractivity contribution is 6.07. The molecule has 0 saturated carbocycles. The monoisotopic (exact) mass is 283 g/mol. The first-order valence-corrected chi connectivity index (χ1v) is 7.70. The maximum Gasteiger partial charge on any atom is 0.336 e. The maximum absolute atomic E-state index is 11.4. The van der Waals surface area contributed by atoms with Crippen molar-refractivity contribution in [1.29, 1.82) is 0 Å². The van der Waals surface area contributed by atoms with Crippen LogP contribution in [0, 0.1) is 5.92 Å². The van der Waals surface area contributed by atoms with Crippen LogP contribution in [0.25, 0.3) is 10.8 Å². The second-order valence-corrected chi connectivity index (χ2v) is 5.85. The lowest BCUT2D eigenvalue weighted by molar-refractivity contribution is 0.0699. The molecule has 110 valence electrons. The van der Waals surface area contributed by atoms with Gasteiger partial charge in [0.25, 0.3) is 0 Å². The fourth-order valence-corrected chi connectivity index (χ4v) is 3.36. The first-order chi connectivity index (χ1) is 10.2. The van der Waals surface area contributed by atoms with Gasteiger partial charge in [-0.05, 0) is 36.3 Å². The van der Waals surface area contributed by atoms with Crippen LogP contribution in [0.3, 0.4) is 0 Å². The SMILES string of the molecule is CCC1CCCN(c2ccc(C(=O)O)c3ccccc23)C1. The molecule has 2 aromatic carbocycles. The van der Waals surface area contributed by atoms with Crippen LogP contribution < -0.4 is 4.90 Å². The van der Waals surface area contributed by atoms with Crippen molar-refractivity contribution in [2.24, 2.45) is 5.92 Å². The Morgan fingerprint density at radius 2 is 2.00 bits per heavy atom. The Morgan fingerprint density at radius 1 is 1.24 bits per heavy atom. The number of nitrogens with zero attached hydrogens (tertiary/aromatic N) is 1. The largest absolute Gasteiger partial charge is 0.478 e. The van der Waals surface area contributed by atoms with Gasteiger partial charge in [-0.15, -0.1) is 0 Å². The first kappa shape index (κ1) is 13.9. The van der Waals surface area contributed by atoms with Crippen LogP contribution in [0.2, 0.25) is 0 Å². The number of carboxylic acid groups (broad SMARTS) is 1. The molecular weight excluding hydrogens is 262 g/mol. The van der Waals surface area contributed by atoms with E-state index in [0.717, 1.165) is 29.8 Å². The van der Waals surface area contributed by atoms with Crippen LogP contribution in [0.4, 0.5) is 5.69 Å². The summed E-state index contributed by atoms with van der Waals surface area (Å²) in [7, 11) is 0. The van der Waals surface area contributed by atoms with Crippen molar-refractivity contribution in [3.63, 3.8) is 0 Å². The van der Waals surface area contributed by atoms with Gasteiger partial charge in [-0.25, -0.2) is 4.79 Å². The highest BCUT2D eigenvalue weighted by Gasteiger charge is 2.21. The topological polar surface area (TPSA) is 40.5 Å². The van der Waals surface area contributed by atoms with Crippen LogP contribution in [-0.4, -0.2) is 24.2 Å². The Hall–Kier alpha value is -2.03. The van der Waals surface area contributed by atoms with E-state index < -0.39 is 5.97 Å². The number of carboxylic acids is 1. The van der Waals surface area contributed by atoms with E-state index in [1.54, 1.807) is 6.07 Å². The molecular formula is C18H21NO2. The molecule has 0 bridgehead atoms. The Balaban J connectivity index is 2.07. The molecule has 1 aliphatic heterocycles. The molecule has 1 N–H and O–H groups in total. The van der Waals surface area contributed by atoms with Crippen LogP contribution in [0.1, 0.15) is 36.5 Å². The van der Waals surface area contributed by atoms with E-state index >= 15 is 0 Å². The predicted molar refractivity (Wildman–Crippen MR) is 86.1 cm³/mol. The van der Waals surface area contributed by atoms with Gasteiger partial charge in [0.1, 0.15) is 0 Å². The summed E-state index contributed by atoms with van der Waals surface area (Å²) in [5.74, 6) is -0.112. The van der Waals surface area contributed by atoms with Crippen molar-refractivity contribution in [2.45, 2.75) is 26.2 Å². The zero-order valence-electron chi connectivity index (χ0n) is 12.4. The number of anilines is 1. The van der Waals surface area contributed by atoms with Crippen molar-refractivity contribution in [2.75, 3.05) is 18.0 Å². The Bertz CT molecular complexity index is 665. The Morgan fingerprint density at radius 3 is 2.71 bits per heavy atom. The molecule has 21 heavy (non-hydrogen) atoms. The molecule has 0 aliphatic carbocycles. The third kappa shape index (κ3) is 2.60. The minimum absolute atomic E-state index is 0.387. The van der Waals surface area contributed by atoms with Gasteiger partial charge in [0.05, 0.1) is 5.56 Å². The van der Waals surface area contributed by atoms with E-state index in [4.69, 9.17) is 0 Å². The molecule has 3 rings (SSSR count). The minimum Gasteiger partial charge on any atom is -0.478 e. The van der Waals surface area contributed by atoms with E-state index in [-0.39, 0.29) is 0 Å². The second-order valence-electron chi connectivity index (χ2n) is 5.85. The fraction of sp³-hybridized carbons (Fsp3) is 0.389. The summed E-state index contributed by atoms with van der Waals surface area (Å²) in [6.07, 6.45) is 3.73.